The predicted molar refractivity (Wildman–Crippen MR) is 202 cm³/mol. The molecule has 2 aliphatic rings. The van der Waals surface area contributed by atoms with Crippen molar-refractivity contribution < 1.29 is 49.1 Å². The first-order valence-corrected chi connectivity index (χ1v) is 20.1. The Balaban J connectivity index is 1.83. The Morgan fingerprint density at radius 3 is 2.26 bits per heavy atom. The highest BCUT2D eigenvalue weighted by Gasteiger charge is 2.47. The van der Waals surface area contributed by atoms with Gasteiger partial charge < -0.3 is 39.6 Å². The van der Waals surface area contributed by atoms with E-state index in [2.05, 4.69) is 26.0 Å². The zero-order valence-corrected chi connectivity index (χ0v) is 33.8. The summed E-state index contributed by atoms with van der Waals surface area (Å²) < 4.78 is 11.2. The predicted octanol–water partition coefficient (Wildman–Crippen LogP) is 5.08. The fraction of sp³-hybridized carbons (Fsp3) is 0.810. The molecule has 1 saturated heterocycles. The summed E-state index contributed by atoms with van der Waals surface area (Å²) in [4.78, 5) is 51.4. The minimum Gasteiger partial charge on any atom is -0.548 e. The number of carboxylic acid groups (broad SMARTS) is 1. The van der Waals surface area contributed by atoms with Crippen LogP contribution < -0.4 is 5.11 Å². The number of allylic oxidation sites excluding steroid dienone is 4. The molecule has 2 rings (SSSR count). The van der Waals surface area contributed by atoms with Crippen LogP contribution in [-0.2, 0) is 28.7 Å². The molecule has 1 aliphatic carbocycles. The van der Waals surface area contributed by atoms with Crippen molar-refractivity contribution in [2.75, 3.05) is 20.8 Å². The number of methoxy groups -OCH3 is 2. The minimum absolute atomic E-state index is 0.0170. The number of ketones is 2. The quantitative estimate of drug-likeness (QED) is 0.0727. The van der Waals surface area contributed by atoms with Gasteiger partial charge in [-0.1, -0.05) is 70.3 Å². The number of Topliss-reactive ketones (excluding diaryl/α,β-unsaturated/α-hetero) is 2. The summed E-state index contributed by atoms with van der Waals surface area (Å²) in [5, 5.41) is 43.9. The van der Waals surface area contributed by atoms with E-state index in [1.165, 1.54) is 32.4 Å². The largest absolute Gasteiger partial charge is 0.548 e. The van der Waals surface area contributed by atoms with E-state index < -0.39 is 47.6 Å². The van der Waals surface area contributed by atoms with Gasteiger partial charge in [0.15, 0.2) is 0 Å². The monoisotopic (exact) mass is 749 g/mol. The Morgan fingerprint density at radius 1 is 0.943 bits per heavy atom. The van der Waals surface area contributed by atoms with Gasteiger partial charge in [-0.3, -0.25) is 14.4 Å². The maximum Gasteiger partial charge on any atom is 0.296 e. The molecule has 1 saturated carbocycles. The molecule has 0 aromatic rings. The lowest BCUT2D eigenvalue weighted by Gasteiger charge is -2.37. The first kappa shape index (κ1) is 46.7. The van der Waals surface area contributed by atoms with Gasteiger partial charge in [-0.25, -0.2) is 0 Å². The van der Waals surface area contributed by atoms with Gasteiger partial charge in [-0.05, 0) is 102 Å². The fourth-order valence-corrected chi connectivity index (χ4v) is 8.24. The summed E-state index contributed by atoms with van der Waals surface area (Å²) in [6, 6.07) is -1.27. The van der Waals surface area contributed by atoms with Gasteiger partial charge in [0.05, 0.1) is 30.3 Å². The normalized spacial score (nSPS) is 23.8. The van der Waals surface area contributed by atoms with E-state index in [0.29, 0.717) is 43.6 Å². The second-order valence-electron chi connectivity index (χ2n) is 16.4. The van der Waals surface area contributed by atoms with E-state index in [0.717, 1.165) is 49.0 Å². The van der Waals surface area contributed by atoms with Crippen LogP contribution in [-0.4, -0.2) is 94.6 Å². The van der Waals surface area contributed by atoms with Crippen molar-refractivity contribution in [3.8, 4) is 0 Å². The van der Waals surface area contributed by atoms with Crippen molar-refractivity contribution in [3.05, 3.63) is 23.3 Å². The molecule has 3 N–H and O–H groups in total. The third-order valence-electron chi connectivity index (χ3n) is 11.7. The van der Waals surface area contributed by atoms with Crippen molar-refractivity contribution in [2.24, 2.45) is 29.6 Å². The van der Waals surface area contributed by atoms with Gasteiger partial charge in [0.25, 0.3) is 11.7 Å². The Morgan fingerprint density at radius 2 is 1.64 bits per heavy atom. The van der Waals surface area contributed by atoms with Crippen molar-refractivity contribution >= 4 is 23.4 Å². The molecule has 2 fully saturated rings. The first-order chi connectivity index (χ1) is 24.9. The molecule has 1 amide bonds. The maximum atomic E-state index is 13.3. The molecule has 53 heavy (non-hydrogen) atoms. The Labute approximate surface area is 318 Å². The molecule has 1 aliphatic heterocycles. The van der Waals surface area contributed by atoms with Crippen LogP contribution in [0.25, 0.3) is 0 Å². The van der Waals surface area contributed by atoms with Crippen LogP contribution in [0.3, 0.4) is 0 Å². The lowest BCUT2D eigenvalue weighted by atomic mass is 9.84. The third kappa shape index (κ3) is 15.0. The Kier molecular flexibility index (Phi) is 20.1. The number of carbonyl (C=O) groups is 4. The number of aliphatic hydroxyl groups is 3. The number of likely N-dealkylation sites (tertiary alicyclic amines) is 1. The van der Waals surface area contributed by atoms with Crippen molar-refractivity contribution in [2.45, 2.75) is 168 Å². The lowest BCUT2D eigenvalue weighted by Crippen LogP contribution is -2.59. The van der Waals surface area contributed by atoms with Crippen molar-refractivity contribution in [1.82, 2.24) is 4.90 Å². The number of aliphatic hydroxyl groups excluding tert-OH is 1. The molecule has 1 heterocycles. The number of ether oxygens (including phenoxy) is 2. The molecule has 304 valence electrons. The molecular weight excluding hydrogens is 678 g/mol. The third-order valence-corrected chi connectivity index (χ3v) is 11.7. The van der Waals surface area contributed by atoms with Gasteiger partial charge >= 0.3 is 0 Å². The number of aliphatic carboxylic acids is 1. The molecule has 0 aromatic heterocycles. The highest BCUT2D eigenvalue weighted by atomic mass is 16.5. The summed E-state index contributed by atoms with van der Waals surface area (Å²) in [7, 11) is 3.30. The van der Waals surface area contributed by atoms with Gasteiger partial charge in [0.2, 0.25) is 5.79 Å². The number of nitrogens with zero attached hydrogens (tertiary/aromatic N) is 1. The molecule has 11 heteroatoms. The lowest BCUT2D eigenvalue weighted by molar-refractivity contribution is -0.312. The number of carbonyl (C=O) groups excluding carboxylic acids is 4. The number of amides is 1. The summed E-state index contributed by atoms with van der Waals surface area (Å²) in [5.74, 6) is -7.55. The number of hydrogen-bond donors (Lipinski definition) is 3. The summed E-state index contributed by atoms with van der Waals surface area (Å²) in [6.45, 7) is 11.8. The molecule has 11 nitrogen and oxygen atoms in total. The van der Waals surface area contributed by atoms with E-state index in [9.17, 15) is 39.6 Å². The molecule has 7 unspecified atom stereocenters. The highest BCUT2D eigenvalue weighted by molar-refractivity contribution is 6.39. The summed E-state index contributed by atoms with van der Waals surface area (Å²) in [6.07, 6.45) is 14.1. The van der Waals surface area contributed by atoms with Crippen LogP contribution in [0.2, 0.25) is 0 Å². The minimum atomic E-state index is -2.97. The number of carboxylic acids is 1. The van der Waals surface area contributed by atoms with Crippen LogP contribution >= 0.6 is 0 Å². The van der Waals surface area contributed by atoms with Crippen LogP contribution in [0.5, 0.6) is 0 Å². The van der Waals surface area contributed by atoms with Gasteiger partial charge in [0.1, 0.15) is 5.78 Å². The van der Waals surface area contributed by atoms with Crippen molar-refractivity contribution in [3.63, 3.8) is 0 Å². The van der Waals surface area contributed by atoms with Crippen LogP contribution in [0.1, 0.15) is 138 Å². The maximum absolute atomic E-state index is 13.3. The second kappa shape index (κ2) is 22.8. The smallest absolute Gasteiger partial charge is 0.296 e. The Bertz CT molecular complexity index is 1240. The second-order valence-corrected chi connectivity index (χ2v) is 16.4. The zero-order valence-electron chi connectivity index (χ0n) is 33.8. The first-order valence-electron chi connectivity index (χ1n) is 20.1. The number of rotatable bonds is 23. The summed E-state index contributed by atoms with van der Waals surface area (Å²) in [5.41, 5.74) is 2.38. The summed E-state index contributed by atoms with van der Waals surface area (Å²) >= 11 is 0. The average molecular weight is 749 g/mol. The van der Waals surface area contributed by atoms with Gasteiger partial charge in [-0.2, -0.15) is 0 Å². The Hall–Kier alpha value is -2.44. The van der Waals surface area contributed by atoms with Crippen LogP contribution in [0.4, 0.5) is 0 Å². The molecule has 0 radical (unpaired) electrons. The highest BCUT2D eigenvalue weighted by Crippen LogP contribution is 2.31. The zero-order chi connectivity index (χ0) is 39.9. The SMILES string of the molecule is CCC(/C=C(/C)C[C@H](C)CCCC(CC(C)C(O)(O)C(=O)C(=O)N1CCCCC1C(=O)[O-])OC)C(=O)CC(O)[C@@H](C)C/C(C)=C/C1CCCC(OC)C1. The van der Waals surface area contributed by atoms with Gasteiger partial charge in [-0.15, -0.1) is 0 Å². The number of hydrogen-bond acceptors (Lipinski definition) is 10. The number of piperidine rings is 1. The molecule has 0 aromatic carbocycles. The van der Waals surface area contributed by atoms with E-state index >= 15 is 0 Å². The van der Waals surface area contributed by atoms with E-state index in [-0.39, 0.29) is 43.4 Å². The molecule has 0 bridgehead atoms. The molecule has 9 atom stereocenters. The van der Waals surface area contributed by atoms with E-state index in [4.69, 9.17) is 9.47 Å². The topological polar surface area (TPSA) is 174 Å². The van der Waals surface area contributed by atoms with E-state index in [1.807, 2.05) is 20.8 Å². The van der Waals surface area contributed by atoms with E-state index in [1.54, 1.807) is 7.11 Å². The van der Waals surface area contributed by atoms with Crippen LogP contribution in [0, 0.1) is 29.6 Å². The fourth-order valence-electron chi connectivity index (χ4n) is 8.24. The standard InChI is InChI=1S/C42H71NO10/c1-9-33(38(45)26-37(44)30(5)21-29(4)22-32-15-13-17-35(25-32)53-8)23-28(3)20-27(2)14-12-16-34(52-7)24-31(6)42(50,51)39(46)40(47)43-19-11-10-18-36(43)41(48)49/h22-23,27,30-37,44,50-51H,9-21,24-26H2,1-8H3,(H,48,49)/p-1/b28-23-,29-22+/t27-,30+,31?,32?,33?,34?,35?,36?,37?/m1/s1. The molecular formula is C42H70NO10-. The average Bonchev–Trinajstić information content (AvgIpc) is 3.12. The van der Waals surface area contributed by atoms with Crippen molar-refractivity contribution in [1.29, 1.82) is 0 Å². The van der Waals surface area contributed by atoms with Gasteiger partial charge in [0, 0.05) is 39.0 Å². The van der Waals surface area contributed by atoms with Crippen LogP contribution in [0.15, 0.2) is 23.3 Å². The molecule has 0 spiro atoms.